The second-order valence-corrected chi connectivity index (χ2v) is 8.26. The second-order valence-electron chi connectivity index (χ2n) is 8.26. The Morgan fingerprint density at radius 1 is 0.576 bits per heavy atom. The first kappa shape index (κ1) is 24.3. The van der Waals surface area contributed by atoms with Crippen LogP contribution in [0.15, 0.2) is 60.7 Å². The van der Waals surface area contributed by atoms with Crippen LogP contribution in [0.1, 0.15) is 79.3 Å². The molecule has 0 saturated carbocycles. The van der Waals surface area contributed by atoms with Gasteiger partial charge in [-0.2, -0.15) is 0 Å². The Morgan fingerprint density at radius 3 is 1.88 bits per heavy atom. The summed E-state index contributed by atoms with van der Waals surface area (Å²) < 4.78 is 28.9. The predicted octanol–water partition coefficient (Wildman–Crippen LogP) is 7.84. The third kappa shape index (κ3) is 7.62. The van der Waals surface area contributed by atoms with E-state index in [2.05, 4.69) is 49.7 Å². The number of halogens is 2. The molecule has 3 aromatic rings. The molecule has 3 rings (SSSR count). The molecular formula is C31H30F2. The van der Waals surface area contributed by atoms with Gasteiger partial charge in [0.05, 0.1) is 5.56 Å². The highest BCUT2D eigenvalue weighted by Gasteiger charge is 2.04. The van der Waals surface area contributed by atoms with Crippen LogP contribution in [0.4, 0.5) is 8.78 Å². The van der Waals surface area contributed by atoms with Crippen LogP contribution in [-0.2, 0) is 12.8 Å². The van der Waals surface area contributed by atoms with Crippen molar-refractivity contribution in [2.24, 2.45) is 0 Å². The zero-order valence-electron chi connectivity index (χ0n) is 19.5. The van der Waals surface area contributed by atoms with E-state index in [0.29, 0.717) is 16.7 Å². The normalized spacial score (nSPS) is 10.2. The molecule has 0 saturated heterocycles. The van der Waals surface area contributed by atoms with Gasteiger partial charge in [0.25, 0.3) is 0 Å². The Kier molecular flexibility index (Phi) is 9.29. The first-order chi connectivity index (χ1) is 16.1. The number of rotatable bonds is 7. The van der Waals surface area contributed by atoms with E-state index in [-0.39, 0.29) is 11.4 Å². The van der Waals surface area contributed by atoms with Crippen LogP contribution in [0.3, 0.4) is 0 Å². The quantitative estimate of drug-likeness (QED) is 0.259. The second kappa shape index (κ2) is 12.6. The summed E-state index contributed by atoms with van der Waals surface area (Å²) in [4.78, 5) is 0. The summed E-state index contributed by atoms with van der Waals surface area (Å²) in [6.45, 7) is 4.31. The van der Waals surface area contributed by atoms with Gasteiger partial charge in [0.15, 0.2) is 0 Å². The zero-order chi connectivity index (χ0) is 23.5. The molecule has 0 aliphatic heterocycles. The monoisotopic (exact) mass is 440 g/mol. The Balaban J connectivity index is 1.66. The molecule has 2 heteroatoms. The van der Waals surface area contributed by atoms with Gasteiger partial charge in [-0.3, -0.25) is 0 Å². The average Bonchev–Trinajstić information content (AvgIpc) is 2.82. The summed E-state index contributed by atoms with van der Waals surface area (Å²) in [7, 11) is 0. The van der Waals surface area contributed by atoms with Crippen molar-refractivity contribution < 1.29 is 8.78 Å². The zero-order valence-corrected chi connectivity index (χ0v) is 19.5. The van der Waals surface area contributed by atoms with E-state index in [1.54, 1.807) is 24.3 Å². The lowest BCUT2D eigenvalue weighted by Crippen LogP contribution is -1.92. The third-order valence-corrected chi connectivity index (χ3v) is 5.51. The van der Waals surface area contributed by atoms with Crippen molar-refractivity contribution in [3.05, 3.63) is 106 Å². The van der Waals surface area contributed by atoms with Crippen LogP contribution in [0.2, 0.25) is 0 Å². The summed E-state index contributed by atoms with van der Waals surface area (Å²) in [5, 5.41) is 0. The van der Waals surface area contributed by atoms with Crippen LogP contribution in [0.5, 0.6) is 0 Å². The van der Waals surface area contributed by atoms with Crippen molar-refractivity contribution in [3.63, 3.8) is 0 Å². The summed E-state index contributed by atoms with van der Waals surface area (Å²) >= 11 is 0. The summed E-state index contributed by atoms with van der Waals surface area (Å²) in [5.41, 5.74) is 4.31. The van der Waals surface area contributed by atoms with E-state index in [1.807, 2.05) is 12.1 Å². The van der Waals surface area contributed by atoms with Crippen molar-refractivity contribution in [2.75, 3.05) is 0 Å². The van der Waals surface area contributed by atoms with Gasteiger partial charge in [0.2, 0.25) is 0 Å². The SMILES string of the molecule is CCCCCCc1ccc(C#Cc2ccc(C#Cc3ccc(CCC)cc3)cc2F)cc1F. The van der Waals surface area contributed by atoms with E-state index in [9.17, 15) is 8.78 Å². The highest BCUT2D eigenvalue weighted by molar-refractivity contribution is 5.49. The van der Waals surface area contributed by atoms with Crippen LogP contribution in [0, 0.1) is 35.3 Å². The Hall–Kier alpha value is -3.36. The van der Waals surface area contributed by atoms with E-state index < -0.39 is 5.82 Å². The molecule has 0 aliphatic rings. The summed E-state index contributed by atoms with van der Waals surface area (Å²) in [5.74, 6) is 11.1. The maximum Gasteiger partial charge on any atom is 0.140 e. The Labute approximate surface area is 197 Å². The maximum absolute atomic E-state index is 14.5. The Bertz CT molecular complexity index is 1180. The summed E-state index contributed by atoms with van der Waals surface area (Å²) in [6, 6.07) is 17.9. The average molecular weight is 441 g/mol. The largest absolute Gasteiger partial charge is 0.207 e. The molecule has 0 unspecified atom stereocenters. The molecular weight excluding hydrogens is 410 g/mol. The maximum atomic E-state index is 14.5. The highest BCUT2D eigenvalue weighted by atomic mass is 19.1. The van der Waals surface area contributed by atoms with E-state index in [4.69, 9.17) is 0 Å². The molecule has 0 fully saturated rings. The van der Waals surface area contributed by atoms with Crippen molar-refractivity contribution in [1.29, 1.82) is 0 Å². The van der Waals surface area contributed by atoms with Crippen LogP contribution < -0.4 is 0 Å². The molecule has 0 bridgehead atoms. The lowest BCUT2D eigenvalue weighted by atomic mass is 10.0. The van der Waals surface area contributed by atoms with Crippen molar-refractivity contribution >= 4 is 0 Å². The molecule has 0 aliphatic carbocycles. The van der Waals surface area contributed by atoms with Crippen molar-refractivity contribution in [2.45, 2.75) is 58.8 Å². The molecule has 3 aromatic carbocycles. The molecule has 0 atom stereocenters. The smallest absolute Gasteiger partial charge is 0.140 e. The fourth-order valence-corrected chi connectivity index (χ4v) is 3.59. The van der Waals surface area contributed by atoms with Gasteiger partial charge in [-0.15, -0.1) is 0 Å². The number of hydrogen-bond acceptors (Lipinski definition) is 0. The van der Waals surface area contributed by atoms with Gasteiger partial charge in [0.1, 0.15) is 11.6 Å². The number of benzene rings is 3. The van der Waals surface area contributed by atoms with Crippen molar-refractivity contribution in [3.8, 4) is 23.7 Å². The standard InChI is InChI=1S/C31H30F2/c1-3-5-6-7-9-28-19-16-27(23-30(28)32)18-21-29-20-17-26(22-31(29)33)15-14-25-12-10-24(8-4-2)11-13-25/h10-13,16-17,19-20,22-23H,3-9H2,1-2H3. The van der Waals surface area contributed by atoms with Gasteiger partial charge in [-0.25, -0.2) is 8.78 Å². The fraction of sp³-hybridized carbons (Fsp3) is 0.290. The molecule has 0 amide bonds. The highest BCUT2D eigenvalue weighted by Crippen LogP contribution is 2.15. The molecule has 0 N–H and O–H groups in total. The molecule has 168 valence electrons. The number of aryl methyl sites for hydroxylation is 2. The van der Waals surface area contributed by atoms with Gasteiger partial charge in [-0.1, -0.05) is 81.4 Å². The lowest BCUT2D eigenvalue weighted by Gasteiger charge is -2.03. The van der Waals surface area contributed by atoms with Crippen molar-refractivity contribution in [1.82, 2.24) is 0 Å². The Morgan fingerprint density at radius 2 is 1.21 bits per heavy atom. The number of hydrogen-bond donors (Lipinski definition) is 0. The van der Waals surface area contributed by atoms with Gasteiger partial charge >= 0.3 is 0 Å². The van der Waals surface area contributed by atoms with E-state index >= 15 is 0 Å². The first-order valence-electron chi connectivity index (χ1n) is 11.8. The van der Waals surface area contributed by atoms with Crippen LogP contribution in [0.25, 0.3) is 0 Å². The lowest BCUT2D eigenvalue weighted by molar-refractivity contribution is 0.593. The fourth-order valence-electron chi connectivity index (χ4n) is 3.59. The topological polar surface area (TPSA) is 0 Å². The minimum atomic E-state index is -0.430. The van der Waals surface area contributed by atoms with Crippen LogP contribution >= 0.6 is 0 Å². The minimum absolute atomic E-state index is 0.243. The predicted molar refractivity (Wildman–Crippen MR) is 133 cm³/mol. The third-order valence-electron chi connectivity index (χ3n) is 5.51. The molecule has 0 radical (unpaired) electrons. The molecule has 33 heavy (non-hydrogen) atoms. The van der Waals surface area contributed by atoms with Crippen LogP contribution in [-0.4, -0.2) is 0 Å². The molecule has 0 heterocycles. The first-order valence-corrected chi connectivity index (χ1v) is 11.8. The number of unbranched alkanes of at least 4 members (excludes halogenated alkanes) is 3. The van der Waals surface area contributed by atoms with Gasteiger partial charge in [-0.05, 0) is 72.9 Å². The molecule has 0 aromatic heterocycles. The van der Waals surface area contributed by atoms with Gasteiger partial charge in [0, 0.05) is 16.7 Å². The van der Waals surface area contributed by atoms with E-state index in [1.165, 1.54) is 24.1 Å². The summed E-state index contributed by atoms with van der Waals surface area (Å²) in [6.07, 6.45) is 7.33. The molecule has 0 nitrogen and oxygen atoms in total. The van der Waals surface area contributed by atoms with Gasteiger partial charge < -0.3 is 0 Å². The molecule has 0 spiro atoms. The minimum Gasteiger partial charge on any atom is -0.207 e. The van der Waals surface area contributed by atoms with E-state index in [0.717, 1.165) is 44.1 Å².